The van der Waals surface area contributed by atoms with E-state index in [0.717, 1.165) is 10.4 Å². The molecule has 0 atom stereocenters. The fraction of sp³-hybridized carbons (Fsp3) is 0.385. The van der Waals surface area contributed by atoms with Crippen LogP contribution in [0.5, 0.6) is 0 Å². The SMILES string of the molecule is Cc1cc(C(=O)NCCOCC(N)=O)sc1C#CCN. The Labute approximate surface area is 121 Å². The van der Waals surface area contributed by atoms with Crippen molar-refractivity contribution in [2.24, 2.45) is 11.5 Å². The van der Waals surface area contributed by atoms with Gasteiger partial charge in [0.2, 0.25) is 5.91 Å². The van der Waals surface area contributed by atoms with Crippen molar-refractivity contribution in [3.05, 3.63) is 21.4 Å². The Balaban J connectivity index is 2.46. The molecule has 0 spiro atoms. The fourth-order valence-corrected chi connectivity index (χ4v) is 2.31. The van der Waals surface area contributed by atoms with E-state index in [1.165, 1.54) is 11.3 Å². The molecule has 6 nitrogen and oxygen atoms in total. The molecule has 1 rings (SSSR count). The van der Waals surface area contributed by atoms with E-state index in [4.69, 9.17) is 16.2 Å². The molecule has 0 unspecified atom stereocenters. The van der Waals surface area contributed by atoms with Gasteiger partial charge in [-0.2, -0.15) is 0 Å². The van der Waals surface area contributed by atoms with Gasteiger partial charge < -0.3 is 21.5 Å². The summed E-state index contributed by atoms with van der Waals surface area (Å²) in [5.41, 5.74) is 11.2. The maximum absolute atomic E-state index is 11.9. The molecule has 5 N–H and O–H groups in total. The van der Waals surface area contributed by atoms with Crippen LogP contribution in [0, 0.1) is 18.8 Å². The van der Waals surface area contributed by atoms with E-state index in [-0.39, 0.29) is 25.7 Å². The third kappa shape index (κ3) is 5.40. The van der Waals surface area contributed by atoms with Crippen molar-refractivity contribution in [3.63, 3.8) is 0 Å². The third-order valence-electron chi connectivity index (χ3n) is 2.22. The molecule has 0 radical (unpaired) electrons. The van der Waals surface area contributed by atoms with Gasteiger partial charge in [0, 0.05) is 6.54 Å². The predicted molar refractivity (Wildman–Crippen MR) is 77.3 cm³/mol. The highest BCUT2D eigenvalue weighted by Gasteiger charge is 2.10. The lowest BCUT2D eigenvalue weighted by Gasteiger charge is -2.03. The Hall–Kier alpha value is -1.88. The molecule has 2 amide bonds. The summed E-state index contributed by atoms with van der Waals surface area (Å²) in [5.74, 6) is 4.96. The van der Waals surface area contributed by atoms with E-state index in [1.54, 1.807) is 6.07 Å². The number of primary amides is 1. The third-order valence-corrected chi connectivity index (χ3v) is 3.37. The van der Waals surface area contributed by atoms with Gasteiger partial charge in [0.25, 0.3) is 5.91 Å². The standard InChI is InChI=1S/C13H17N3O3S/c1-9-7-11(20-10(9)3-2-4-14)13(18)16-5-6-19-8-12(15)17/h7H,4-6,8,14H2,1H3,(H2,15,17)(H,16,18). The minimum Gasteiger partial charge on any atom is -0.370 e. The van der Waals surface area contributed by atoms with Gasteiger partial charge in [0.1, 0.15) is 6.61 Å². The second kappa shape index (κ2) is 8.32. The molecule has 0 bridgehead atoms. The summed E-state index contributed by atoms with van der Waals surface area (Å²) in [6.45, 7) is 2.58. The van der Waals surface area contributed by atoms with Crippen molar-refractivity contribution in [2.45, 2.75) is 6.92 Å². The molecule has 7 heteroatoms. The summed E-state index contributed by atoms with van der Waals surface area (Å²) in [4.78, 5) is 23.7. The first-order chi connectivity index (χ1) is 9.54. The topological polar surface area (TPSA) is 107 Å². The molecule has 20 heavy (non-hydrogen) atoms. The molecule has 0 aromatic carbocycles. The number of thiophene rings is 1. The van der Waals surface area contributed by atoms with Crippen LogP contribution in [0.4, 0.5) is 0 Å². The quantitative estimate of drug-likeness (QED) is 0.490. The number of amides is 2. The number of hydrogen-bond acceptors (Lipinski definition) is 5. The van der Waals surface area contributed by atoms with Gasteiger partial charge in [-0.3, -0.25) is 9.59 Å². The molecule has 0 fully saturated rings. The first-order valence-corrected chi connectivity index (χ1v) is 6.80. The summed E-state index contributed by atoms with van der Waals surface area (Å²) in [7, 11) is 0. The zero-order valence-corrected chi connectivity index (χ0v) is 12.0. The van der Waals surface area contributed by atoms with Crippen molar-refractivity contribution < 1.29 is 14.3 Å². The predicted octanol–water partition coefficient (Wildman–Crippen LogP) is -0.402. The Bertz CT molecular complexity index is 543. The van der Waals surface area contributed by atoms with Gasteiger partial charge in [-0.25, -0.2) is 0 Å². The molecule has 1 aromatic heterocycles. The van der Waals surface area contributed by atoms with Crippen molar-refractivity contribution in [3.8, 4) is 11.8 Å². The van der Waals surface area contributed by atoms with Gasteiger partial charge >= 0.3 is 0 Å². The number of carbonyl (C=O) groups is 2. The van der Waals surface area contributed by atoms with Crippen LogP contribution >= 0.6 is 11.3 Å². The molecule has 108 valence electrons. The van der Waals surface area contributed by atoms with Crippen LogP contribution in [0.1, 0.15) is 20.1 Å². The van der Waals surface area contributed by atoms with Gasteiger partial charge in [0.05, 0.1) is 22.9 Å². The highest BCUT2D eigenvalue weighted by molar-refractivity contribution is 7.14. The molecular formula is C13H17N3O3S. The van der Waals surface area contributed by atoms with Crippen LogP contribution in [-0.2, 0) is 9.53 Å². The second-order valence-electron chi connectivity index (χ2n) is 3.90. The van der Waals surface area contributed by atoms with E-state index >= 15 is 0 Å². The van der Waals surface area contributed by atoms with Crippen LogP contribution in [-0.4, -0.2) is 38.1 Å². The van der Waals surface area contributed by atoms with E-state index in [1.807, 2.05) is 6.92 Å². The molecule has 0 aliphatic carbocycles. The van der Waals surface area contributed by atoms with Crippen LogP contribution < -0.4 is 16.8 Å². The smallest absolute Gasteiger partial charge is 0.261 e. The summed E-state index contributed by atoms with van der Waals surface area (Å²) >= 11 is 1.32. The Morgan fingerprint density at radius 2 is 2.25 bits per heavy atom. The Kier molecular flexibility index (Phi) is 6.73. The molecule has 1 aromatic rings. The van der Waals surface area contributed by atoms with Crippen LogP contribution in [0.25, 0.3) is 0 Å². The average molecular weight is 295 g/mol. The highest BCUT2D eigenvalue weighted by Crippen LogP contribution is 2.20. The summed E-state index contributed by atoms with van der Waals surface area (Å²) in [6, 6.07) is 1.78. The van der Waals surface area contributed by atoms with Gasteiger partial charge in [-0.1, -0.05) is 11.8 Å². The zero-order chi connectivity index (χ0) is 15.0. The lowest BCUT2D eigenvalue weighted by Crippen LogP contribution is -2.28. The Morgan fingerprint density at radius 1 is 1.50 bits per heavy atom. The molecule has 0 aliphatic heterocycles. The second-order valence-corrected chi connectivity index (χ2v) is 4.96. The Morgan fingerprint density at radius 3 is 2.90 bits per heavy atom. The number of rotatable bonds is 6. The van der Waals surface area contributed by atoms with E-state index < -0.39 is 5.91 Å². The van der Waals surface area contributed by atoms with Crippen molar-refractivity contribution in [2.75, 3.05) is 26.3 Å². The van der Waals surface area contributed by atoms with Crippen LogP contribution in [0.3, 0.4) is 0 Å². The molecule has 1 heterocycles. The summed E-state index contributed by atoms with van der Waals surface area (Å²) < 4.78 is 4.94. The maximum atomic E-state index is 11.9. The lowest BCUT2D eigenvalue weighted by atomic mass is 10.2. The number of nitrogens with two attached hydrogens (primary N) is 2. The average Bonchev–Trinajstić information content (AvgIpc) is 2.77. The number of nitrogens with one attached hydrogen (secondary N) is 1. The van der Waals surface area contributed by atoms with Crippen molar-refractivity contribution >= 4 is 23.2 Å². The first kappa shape index (κ1) is 16.2. The molecular weight excluding hydrogens is 278 g/mol. The van der Waals surface area contributed by atoms with Gasteiger partial charge in [-0.15, -0.1) is 11.3 Å². The minimum atomic E-state index is -0.534. The maximum Gasteiger partial charge on any atom is 0.261 e. The van der Waals surface area contributed by atoms with Crippen molar-refractivity contribution in [1.82, 2.24) is 5.32 Å². The monoisotopic (exact) mass is 295 g/mol. The lowest BCUT2D eigenvalue weighted by molar-refractivity contribution is -0.122. The number of aryl methyl sites for hydroxylation is 1. The van der Waals surface area contributed by atoms with Gasteiger partial charge in [-0.05, 0) is 18.6 Å². The summed E-state index contributed by atoms with van der Waals surface area (Å²) in [5, 5.41) is 2.69. The van der Waals surface area contributed by atoms with Crippen LogP contribution in [0.15, 0.2) is 6.07 Å². The summed E-state index contributed by atoms with van der Waals surface area (Å²) in [6.07, 6.45) is 0. The van der Waals surface area contributed by atoms with Gasteiger partial charge in [0.15, 0.2) is 0 Å². The highest BCUT2D eigenvalue weighted by atomic mass is 32.1. The minimum absolute atomic E-state index is 0.146. The van der Waals surface area contributed by atoms with E-state index in [0.29, 0.717) is 11.4 Å². The normalized spacial score (nSPS) is 9.70. The molecule has 0 aliphatic rings. The molecule has 0 saturated heterocycles. The van der Waals surface area contributed by atoms with Crippen LogP contribution in [0.2, 0.25) is 0 Å². The number of ether oxygens (including phenoxy) is 1. The fourth-order valence-electron chi connectivity index (χ4n) is 1.35. The van der Waals surface area contributed by atoms with E-state index in [9.17, 15) is 9.59 Å². The molecule has 0 saturated carbocycles. The number of hydrogen-bond donors (Lipinski definition) is 3. The van der Waals surface area contributed by atoms with E-state index in [2.05, 4.69) is 17.2 Å². The zero-order valence-electron chi connectivity index (χ0n) is 11.2. The largest absolute Gasteiger partial charge is 0.370 e. The van der Waals surface area contributed by atoms with Crippen molar-refractivity contribution in [1.29, 1.82) is 0 Å². The number of carbonyl (C=O) groups excluding carboxylic acids is 2. The first-order valence-electron chi connectivity index (χ1n) is 5.98.